The highest BCUT2D eigenvalue weighted by molar-refractivity contribution is 5.84. The Kier molecular flexibility index (Phi) is 2.54. The van der Waals surface area contributed by atoms with Gasteiger partial charge in [-0.15, -0.1) is 0 Å². The molecule has 0 aromatic rings. The van der Waals surface area contributed by atoms with E-state index in [0.29, 0.717) is 0 Å². The molecule has 0 aliphatic heterocycles. The molecule has 1 N–H and O–H groups in total. The molecular formula is C8H11FO4. The van der Waals surface area contributed by atoms with Crippen LogP contribution in [0, 0.1) is 5.92 Å². The van der Waals surface area contributed by atoms with E-state index in [4.69, 9.17) is 5.11 Å². The van der Waals surface area contributed by atoms with Gasteiger partial charge in [0.05, 0.1) is 12.5 Å². The van der Waals surface area contributed by atoms with Gasteiger partial charge in [0.25, 0.3) is 0 Å². The Morgan fingerprint density at radius 1 is 1.62 bits per heavy atom. The van der Waals surface area contributed by atoms with Gasteiger partial charge < -0.3 is 9.84 Å². The molecule has 1 aliphatic carbocycles. The fourth-order valence-electron chi connectivity index (χ4n) is 1.32. The molecule has 0 aromatic heterocycles. The predicted octanol–water partition coefficient (Wildman–Crippen LogP) is 0.752. The van der Waals surface area contributed by atoms with E-state index in [1.807, 2.05) is 0 Å². The summed E-state index contributed by atoms with van der Waals surface area (Å²) in [6.07, 6.45) is -0.525. The monoisotopic (exact) mass is 190 g/mol. The van der Waals surface area contributed by atoms with Crippen molar-refractivity contribution in [3.63, 3.8) is 0 Å². The van der Waals surface area contributed by atoms with Crippen molar-refractivity contribution in [2.75, 3.05) is 6.61 Å². The SMILES string of the molecule is CCOC(=O)C1CC(F)(C(=O)O)C1. The minimum Gasteiger partial charge on any atom is -0.479 e. The van der Waals surface area contributed by atoms with Crippen molar-refractivity contribution in [1.82, 2.24) is 0 Å². The standard InChI is InChI=1S/C8H11FO4/c1-2-13-6(10)5-3-8(9,4-5)7(11)12/h5H,2-4H2,1H3,(H,11,12). The number of rotatable bonds is 3. The van der Waals surface area contributed by atoms with Gasteiger partial charge in [0.15, 0.2) is 0 Å². The summed E-state index contributed by atoms with van der Waals surface area (Å²) in [6.45, 7) is 1.89. The summed E-state index contributed by atoms with van der Waals surface area (Å²) >= 11 is 0. The van der Waals surface area contributed by atoms with Crippen LogP contribution in [0.5, 0.6) is 0 Å². The largest absolute Gasteiger partial charge is 0.479 e. The van der Waals surface area contributed by atoms with Gasteiger partial charge in [0.1, 0.15) is 0 Å². The summed E-state index contributed by atoms with van der Waals surface area (Å²) in [5.41, 5.74) is -2.21. The number of ether oxygens (including phenoxy) is 1. The lowest BCUT2D eigenvalue weighted by Crippen LogP contribution is -2.49. The molecule has 0 heterocycles. The van der Waals surface area contributed by atoms with Crippen LogP contribution in [-0.2, 0) is 14.3 Å². The number of aliphatic carboxylic acids is 1. The second-order valence-electron chi connectivity index (χ2n) is 3.13. The summed E-state index contributed by atoms with van der Waals surface area (Å²) in [6, 6.07) is 0. The highest BCUT2D eigenvalue weighted by Gasteiger charge is 2.54. The molecule has 13 heavy (non-hydrogen) atoms. The number of carboxylic acids is 1. The summed E-state index contributed by atoms with van der Waals surface area (Å²) < 4.78 is 17.7. The molecule has 0 atom stereocenters. The van der Waals surface area contributed by atoms with Crippen molar-refractivity contribution in [3.05, 3.63) is 0 Å². The molecule has 1 aliphatic rings. The van der Waals surface area contributed by atoms with Crippen molar-refractivity contribution >= 4 is 11.9 Å². The third-order valence-corrected chi connectivity index (χ3v) is 2.14. The minimum absolute atomic E-state index is 0.238. The summed E-state index contributed by atoms with van der Waals surface area (Å²) in [4.78, 5) is 21.3. The molecule has 0 saturated heterocycles. The van der Waals surface area contributed by atoms with Gasteiger partial charge in [0, 0.05) is 12.8 Å². The van der Waals surface area contributed by atoms with Crippen molar-refractivity contribution in [3.8, 4) is 0 Å². The average Bonchev–Trinajstić information content (AvgIpc) is 1.98. The Morgan fingerprint density at radius 2 is 2.15 bits per heavy atom. The minimum atomic E-state index is -2.21. The molecule has 5 heteroatoms. The number of hydrogen-bond acceptors (Lipinski definition) is 3. The van der Waals surface area contributed by atoms with Crippen LogP contribution in [0.15, 0.2) is 0 Å². The molecule has 0 amide bonds. The molecule has 0 spiro atoms. The van der Waals surface area contributed by atoms with E-state index in [0.717, 1.165) is 0 Å². The first-order chi connectivity index (χ1) is 5.99. The van der Waals surface area contributed by atoms with E-state index in [1.165, 1.54) is 0 Å². The van der Waals surface area contributed by atoms with Crippen LogP contribution in [0.3, 0.4) is 0 Å². The molecule has 1 rings (SSSR count). The first-order valence-electron chi connectivity index (χ1n) is 4.08. The normalized spacial score (nSPS) is 32.0. The number of carbonyl (C=O) groups is 2. The Balaban J connectivity index is 2.40. The van der Waals surface area contributed by atoms with Gasteiger partial charge >= 0.3 is 11.9 Å². The lowest BCUT2D eigenvalue weighted by Gasteiger charge is -2.35. The third-order valence-electron chi connectivity index (χ3n) is 2.14. The van der Waals surface area contributed by atoms with Crippen LogP contribution in [-0.4, -0.2) is 29.3 Å². The zero-order valence-electron chi connectivity index (χ0n) is 7.25. The number of carbonyl (C=O) groups excluding carboxylic acids is 1. The van der Waals surface area contributed by atoms with Gasteiger partial charge in [-0.3, -0.25) is 4.79 Å². The highest BCUT2D eigenvalue weighted by atomic mass is 19.1. The number of alkyl halides is 1. The zero-order valence-corrected chi connectivity index (χ0v) is 7.25. The van der Waals surface area contributed by atoms with Gasteiger partial charge in [-0.1, -0.05) is 0 Å². The summed E-state index contributed by atoms with van der Waals surface area (Å²) in [5.74, 6) is -2.58. The van der Waals surface area contributed by atoms with Gasteiger partial charge in [-0.2, -0.15) is 0 Å². The van der Waals surface area contributed by atoms with E-state index >= 15 is 0 Å². The quantitative estimate of drug-likeness (QED) is 0.667. The van der Waals surface area contributed by atoms with Crippen LogP contribution >= 0.6 is 0 Å². The maximum Gasteiger partial charge on any atom is 0.341 e. The van der Waals surface area contributed by atoms with E-state index in [9.17, 15) is 14.0 Å². The number of hydrogen-bond donors (Lipinski definition) is 1. The topological polar surface area (TPSA) is 63.6 Å². The van der Waals surface area contributed by atoms with Crippen LogP contribution in [0.1, 0.15) is 19.8 Å². The molecular weight excluding hydrogens is 179 g/mol. The van der Waals surface area contributed by atoms with Crippen molar-refractivity contribution in [2.24, 2.45) is 5.92 Å². The van der Waals surface area contributed by atoms with Crippen LogP contribution in [0.25, 0.3) is 0 Å². The first-order valence-corrected chi connectivity index (χ1v) is 4.08. The van der Waals surface area contributed by atoms with Crippen molar-refractivity contribution in [1.29, 1.82) is 0 Å². The van der Waals surface area contributed by atoms with Gasteiger partial charge in [-0.25, -0.2) is 9.18 Å². The maximum atomic E-state index is 13.1. The van der Waals surface area contributed by atoms with Gasteiger partial charge in [0.2, 0.25) is 5.67 Å². The maximum absolute atomic E-state index is 13.1. The lowest BCUT2D eigenvalue weighted by atomic mass is 9.72. The second kappa shape index (κ2) is 3.32. The smallest absolute Gasteiger partial charge is 0.341 e. The number of halogens is 1. The Hall–Kier alpha value is -1.13. The third kappa shape index (κ3) is 1.79. The van der Waals surface area contributed by atoms with E-state index < -0.39 is 23.5 Å². The molecule has 1 fully saturated rings. The highest BCUT2D eigenvalue weighted by Crippen LogP contribution is 2.41. The van der Waals surface area contributed by atoms with Crippen LogP contribution in [0.4, 0.5) is 4.39 Å². The molecule has 0 radical (unpaired) electrons. The summed E-state index contributed by atoms with van der Waals surface area (Å²) in [7, 11) is 0. The second-order valence-corrected chi connectivity index (χ2v) is 3.13. The van der Waals surface area contributed by atoms with E-state index in [2.05, 4.69) is 4.74 Å². The van der Waals surface area contributed by atoms with E-state index in [-0.39, 0.29) is 19.4 Å². The van der Waals surface area contributed by atoms with Crippen molar-refractivity contribution < 1.29 is 23.8 Å². The fraction of sp³-hybridized carbons (Fsp3) is 0.750. The molecule has 1 saturated carbocycles. The fourth-order valence-corrected chi connectivity index (χ4v) is 1.32. The number of carboxylic acid groups (broad SMARTS) is 1. The Bertz CT molecular complexity index is 232. The molecule has 4 nitrogen and oxygen atoms in total. The lowest BCUT2D eigenvalue weighted by molar-refractivity contribution is -0.171. The molecule has 0 bridgehead atoms. The Labute approximate surface area is 74.7 Å². The molecule has 0 unspecified atom stereocenters. The predicted molar refractivity (Wildman–Crippen MR) is 40.8 cm³/mol. The molecule has 74 valence electrons. The number of esters is 1. The van der Waals surface area contributed by atoms with Crippen molar-refractivity contribution in [2.45, 2.75) is 25.4 Å². The summed E-state index contributed by atoms with van der Waals surface area (Å²) in [5, 5.41) is 8.39. The first kappa shape index (κ1) is 9.95. The zero-order chi connectivity index (χ0) is 10.1. The Morgan fingerprint density at radius 3 is 2.54 bits per heavy atom. The van der Waals surface area contributed by atoms with Crippen LogP contribution in [0.2, 0.25) is 0 Å². The van der Waals surface area contributed by atoms with Crippen LogP contribution < -0.4 is 0 Å². The molecule has 0 aromatic carbocycles. The average molecular weight is 190 g/mol. The van der Waals surface area contributed by atoms with E-state index in [1.54, 1.807) is 6.92 Å². The van der Waals surface area contributed by atoms with Gasteiger partial charge in [-0.05, 0) is 6.92 Å².